The summed E-state index contributed by atoms with van der Waals surface area (Å²) in [6.45, 7) is 2.11. The topological polar surface area (TPSA) is 80.2 Å². The number of amidine groups is 1. The number of thioether (sulfide) groups is 1. The number of aliphatic imine (C=N–C) groups is 1. The Morgan fingerprint density at radius 2 is 1.61 bits per heavy atom. The van der Waals surface area contributed by atoms with Crippen molar-refractivity contribution < 1.29 is 19.1 Å². The highest BCUT2D eigenvalue weighted by Gasteiger charge is 2.34. The van der Waals surface area contributed by atoms with E-state index in [4.69, 9.17) is 14.5 Å². The Kier molecular flexibility index (Phi) is 9.37. The fraction of sp³-hybridized carbons (Fsp3) is 0.0938. The standard InChI is InChI=1S/C32H26IN3O4S/c1-2-39-27-19-22(18-26(33)30(27)40-21-29(37)34-23-12-6-3-7-13-23)20-28-31(38)36(25-16-10-5-11-17-25)32(41-28)35-24-14-8-4-9-15-24/h3-20H,2,21H2,1H3,(H,34,37)/b28-20-,35-32?. The molecule has 1 heterocycles. The molecule has 0 atom stereocenters. The van der Waals surface area contributed by atoms with E-state index in [1.54, 1.807) is 4.90 Å². The van der Waals surface area contributed by atoms with Crippen molar-refractivity contribution in [1.82, 2.24) is 0 Å². The van der Waals surface area contributed by atoms with Crippen LogP contribution in [0, 0.1) is 3.57 Å². The highest BCUT2D eigenvalue weighted by molar-refractivity contribution is 14.1. The number of ether oxygens (including phenoxy) is 2. The van der Waals surface area contributed by atoms with Gasteiger partial charge in [-0.1, -0.05) is 54.6 Å². The summed E-state index contributed by atoms with van der Waals surface area (Å²) in [6, 6.07) is 31.9. The highest BCUT2D eigenvalue weighted by atomic mass is 127. The highest BCUT2D eigenvalue weighted by Crippen LogP contribution is 2.39. The lowest BCUT2D eigenvalue weighted by Gasteiger charge is -2.15. The molecule has 0 spiro atoms. The fourth-order valence-electron chi connectivity index (χ4n) is 4.05. The van der Waals surface area contributed by atoms with Crippen LogP contribution in [-0.4, -0.2) is 30.2 Å². The first-order chi connectivity index (χ1) is 20.0. The SMILES string of the molecule is CCOc1cc(/C=C2\SC(=Nc3ccccc3)N(c3ccccc3)C2=O)cc(I)c1OCC(=O)Nc1ccccc1. The van der Waals surface area contributed by atoms with Gasteiger partial charge in [0.05, 0.1) is 26.5 Å². The number of carbonyl (C=O) groups excluding carboxylic acids is 2. The first kappa shape index (κ1) is 28.4. The molecule has 0 saturated carbocycles. The number of carbonyl (C=O) groups is 2. The Morgan fingerprint density at radius 1 is 0.951 bits per heavy atom. The average molecular weight is 676 g/mol. The van der Waals surface area contributed by atoms with Crippen LogP contribution >= 0.6 is 34.4 Å². The second kappa shape index (κ2) is 13.5. The van der Waals surface area contributed by atoms with Crippen molar-refractivity contribution in [2.75, 3.05) is 23.4 Å². The molecule has 0 aliphatic carbocycles. The Morgan fingerprint density at radius 3 is 2.29 bits per heavy atom. The number of rotatable bonds is 9. The molecule has 0 aromatic heterocycles. The van der Waals surface area contributed by atoms with Crippen LogP contribution in [0.1, 0.15) is 12.5 Å². The summed E-state index contributed by atoms with van der Waals surface area (Å²) >= 11 is 3.47. The number of benzene rings is 4. The van der Waals surface area contributed by atoms with Crippen molar-refractivity contribution >= 4 is 74.5 Å². The molecular weight excluding hydrogens is 649 g/mol. The normalized spacial score (nSPS) is 14.9. The van der Waals surface area contributed by atoms with Gasteiger partial charge in [-0.05, 0) is 101 Å². The van der Waals surface area contributed by atoms with Crippen LogP contribution in [0.3, 0.4) is 0 Å². The van der Waals surface area contributed by atoms with E-state index < -0.39 is 0 Å². The van der Waals surface area contributed by atoms with Crippen LogP contribution in [0.15, 0.2) is 113 Å². The molecule has 5 rings (SSSR count). The van der Waals surface area contributed by atoms with Gasteiger partial charge in [-0.2, -0.15) is 0 Å². The minimum atomic E-state index is -0.278. The van der Waals surface area contributed by atoms with Crippen LogP contribution in [0.2, 0.25) is 0 Å². The molecule has 1 aliphatic heterocycles. The van der Waals surface area contributed by atoms with E-state index >= 15 is 0 Å². The van der Waals surface area contributed by atoms with Gasteiger partial charge in [-0.15, -0.1) is 0 Å². The maximum atomic E-state index is 13.7. The predicted molar refractivity (Wildman–Crippen MR) is 174 cm³/mol. The molecule has 1 saturated heterocycles. The molecule has 0 unspecified atom stereocenters. The minimum absolute atomic E-state index is 0.165. The van der Waals surface area contributed by atoms with Crippen LogP contribution in [0.5, 0.6) is 11.5 Å². The van der Waals surface area contributed by atoms with E-state index in [2.05, 4.69) is 27.9 Å². The van der Waals surface area contributed by atoms with Crippen molar-refractivity contribution in [2.24, 2.45) is 4.99 Å². The van der Waals surface area contributed by atoms with E-state index in [1.165, 1.54) is 11.8 Å². The molecule has 0 bridgehead atoms. The maximum Gasteiger partial charge on any atom is 0.271 e. The first-order valence-corrected chi connectivity index (χ1v) is 14.8. The second-order valence-electron chi connectivity index (χ2n) is 8.78. The summed E-state index contributed by atoms with van der Waals surface area (Å²) in [5.41, 5.74) is 2.96. The smallest absolute Gasteiger partial charge is 0.271 e. The van der Waals surface area contributed by atoms with Gasteiger partial charge in [-0.25, -0.2) is 4.99 Å². The average Bonchev–Trinajstić information content (AvgIpc) is 3.28. The van der Waals surface area contributed by atoms with Gasteiger partial charge in [0.15, 0.2) is 23.3 Å². The molecule has 1 N–H and O–H groups in total. The van der Waals surface area contributed by atoms with Crippen LogP contribution < -0.4 is 19.7 Å². The quantitative estimate of drug-likeness (QED) is 0.147. The zero-order valence-corrected chi connectivity index (χ0v) is 25.1. The lowest BCUT2D eigenvalue weighted by Crippen LogP contribution is -2.28. The molecule has 2 amide bonds. The largest absolute Gasteiger partial charge is 0.490 e. The number of hydrogen-bond donors (Lipinski definition) is 1. The van der Waals surface area contributed by atoms with E-state index in [9.17, 15) is 9.59 Å². The summed E-state index contributed by atoms with van der Waals surface area (Å²) in [5.74, 6) is 0.523. The van der Waals surface area contributed by atoms with E-state index in [1.807, 2.05) is 116 Å². The Hall–Kier alpha value is -4.09. The monoisotopic (exact) mass is 675 g/mol. The van der Waals surface area contributed by atoms with Gasteiger partial charge in [0.2, 0.25) is 0 Å². The number of nitrogens with one attached hydrogen (secondary N) is 1. The number of para-hydroxylation sites is 3. The fourth-order valence-corrected chi connectivity index (χ4v) is 5.83. The molecule has 1 fully saturated rings. The van der Waals surface area contributed by atoms with Gasteiger partial charge in [0, 0.05) is 5.69 Å². The summed E-state index contributed by atoms with van der Waals surface area (Å²) in [6.07, 6.45) is 1.83. The lowest BCUT2D eigenvalue weighted by atomic mass is 10.1. The minimum Gasteiger partial charge on any atom is -0.490 e. The molecule has 4 aromatic carbocycles. The number of anilines is 2. The van der Waals surface area contributed by atoms with Crippen molar-refractivity contribution in [3.05, 3.63) is 117 Å². The molecule has 1 aliphatic rings. The summed E-state index contributed by atoms with van der Waals surface area (Å²) in [5, 5.41) is 3.39. The van der Waals surface area contributed by atoms with E-state index in [-0.39, 0.29) is 18.4 Å². The van der Waals surface area contributed by atoms with Crippen LogP contribution in [0.25, 0.3) is 6.08 Å². The third-order valence-corrected chi connectivity index (χ3v) is 7.61. The molecular formula is C32H26IN3O4S. The molecule has 0 radical (unpaired) electrons. The van der Waals surface area contributed by atoms with E-state index in [0.29, 0.717) is 33.9 Å². The summed E-state index contributed by atoms with van der Waals surface area (Å²) in [7, 11) is 0. The maximum absolute atomic E-state index is 13.7. The molecule has 41 heavy (non-hydrogen) atoms. The van der Waals surface area contributed by atoms with Gasteiger partial charge in [-0.3, -0.25) is 14.5 Å². The molecule has 4 aromatic rings. The van der Waals surface area contributed by atoms with Crippen LogP contribution in [-0.2, 0) is 9.59 Å². The van der Waals surface area contributed by atoms with Crippen molar-refractivity contribution in [2.45, 2.75) is 6.92 Å². The predicted octanol–water partition coefficient (Wildman–Crippen LogP) is 7.52. The lowest BCUT2D eigenvalue weighted by molar-refractivity contribution is -0.118. The third-order valence-electron chi connectivity index (χ3n) is 5.84. The van der Waals surface area contributed by atoms with Gasteiger partial charge < -0.3 is 14.8 Å². The number of hydrogen-bond acceptors (Lipinski definition) is 6. The number of halogens is 1. The molecule has 7 nitrogen and oxygen atoms in total. The Bertz CT molecular complexity index is 1600. The summed E-state index contributed by atoms with van der Waals surface area (Å²) in [4.78, 5) is 33.0. The zero-order valence-electron chi connectivity index (χ0n) is 22.1. The first-order valence-electron chi connectivity index (χ1n) is 12.9. The molecule has 9 heteroatoms. The van der Waals surface area contributed by atoms with E-state index in [0.717, 1.165) is 20.5 Å². The van der Waals surface area contributed by atoms with Crippen molar-refractivity contribution in [1.29, 1.82) is 0 Å². The Labute approximate surface area is 256 Å². The number of nitrogens with zero attached hydrogens (tertiary/aromatic N) is 2. The molecule has 206 valence electrons. The number of amides is 2. The van der Waals surface area contributed by atoms with Crippen LogP contribution in [0.4, 0.5) is 17.1 Å². The van der Waals surface area contributed by atoms with Crippen molar-refractivity contribution in [3.63, 3.8) is 0 Å². The second-order valence-corrected chi connectivity index (χ2v) is 11.0. The third kappa shape index (κ3) is 7.17. The van der Waals surface area contributed by atoms with Crippen molar-refractivity contribution in [3.8, 4) is 11.5 Å². The Balaban J connectivity index is 1.41. The van der Waals surface area contributed by atoms with Gasteiger partial charge in [0.1, 0.15) is 0 Å². The zero-order chi connectivity index (χ0) is 28.6. The summed E-state index contributed by atoms with van der Waals surface area (Å²) < 4.78 is 12.5. The van der Waals surface area contributed by atoms with Gasteiger partial charge in [0.25, 0.3) is 11.8 Å². The van der Waals surface area contributed by atoms with Gasteiger partial charge >= 0.3 is 0 Å².